The van der Waals surface area contributed by atoms with E-state index >= 15 is 0 Å². The molecule has 2 aromatic carbocycles. The van der Waals surface area contributed by atoms with E-state index in [-0.39, 0.29) is 0 Å². The molecule has 0 bridgehead atoms. The highest BCUT2D eigenvalue weighted by Gasteiger charge is 2.32. The van der Waals surface area contributed by atoms with E-state index in [1.165, 1.54) is 5.56 Å². The summed E-state index contributed by atoms with van der Waals surface area (Å²) in [4.78, 5) is 0. The van der Waals surface area contributed by atoms with Crippen LogP contribution in [-0.2, 0) is 27.3 Å². The minimum absolute atomic E-state index is 0.472. The van der Waals surface area contributed by atoms with Crippen molar-refractivity contribution >= 4 is 0 Å². The van der Waals surface area contributed by atoms with E-state index in [2.05, 4.69) is 84.9 Å². The fourth-order valence-electron chi connectivity index (χ4n) is 3.38. The Morgan fingerprint density at radius 2 is 1.34 bits per heavy atom. The minimum Gasteiger partial charge on any atom is -0.488 e. The Morgan fingerprint density at radius 3 is 1.76 bits per heavy atom. The quantitative estimate of drug-likeness (QED) is 0.462. The molecule has 0 saturated carbocycles. The van der Waals surface area contributed by atoms with Gasteiger partial charge in [-0.3, -0.25) is 0 Å². The molecule has 0 radical (unpaired) electrons. The average molecular weight is 399 g/mol. The molecule has 1 unspecified atom stereocenters. The van der Waals surface area contributed by atoms with Crippen LogP contribution in [0.1, 0.15) is 81.7 Å². The lowest BCUT2D eigenvalue weighted by Crippen LogP contribution is -2.26. The topological polar surface area (TPSA) is 27.7 Å². The van der Waals surface area contributed by atoms with Gasteiger partial charge in [-0.2, -0.15) is 0 Å². The zero-order valence-electron chi connectivity index (χ0n) is 19.7. The first-order valence-electron chi connectivity index (χ1n) is 10.5. The van der Waals surface area contributed by atoms with E-state index in [4.69, 9.17) is 14.2 Å². The van der Waals surface area contributed by atoms with Crippen LogP contribution in [0.4, 0.5) is 0 Å². The molecule has 29 heavy (non-hydrogen) atoms. The van der Waals surface area contributed by atoms with Gasteiger partial charge >= 0.3 is 0 Å². The highest BCUT2D eigenvalue weighted by Crippen LogP contribution is 2.41. The van der Waals surface area contributed by atoms with E-state index in [1.807, 2.05) is 0 Å². The maximum atomic E-state index is 6.45. The number of aryl methyl sites for hydroxylation is 1. The molecule has 0 aliphatic heterocycles. The van der Waals surface area contributed by atoms with Crippen molar-refractivity contribution in [2.24, 2.45) is 0 Å². The van der Waals surface area contributed by atoms with Crippen LogP contribution in [0.15, 0.2) is 36.4 Å². The van der Waals surface area contributed by atoms with Crippen molar-refractivity contribution in [1.29, 1.82) is 0 Å². The molecule has 2 aromatic rings. The van der Waals surface area contributed by atoms with E-state index in [1.54, 1.807) is 14.2 Å². The molecule has 3 nitrogen and oxygen atoms in total. The molecule has 0 amide bonds. The van der Waals surface area contributed by atoms with Gasteiger partial charge in [0, 0.05) is 25.3 Å². The summed E-state index contributed by atoms with van der Waals surface area (Å²) in [6, 6.07) is 13.1. The third-order valence-corrected chi connectivity index (χ3v) is 6.10. The molecule has 3 heteroatoms. The van der Waals surface area contributed by atoms with Gasteiger partial charge in [0.1, 0.15) is 12.4 Å². The molecule has 160 valence electrons. The van der Waals surface area contributed by atoms with Crippen LogP contribution < -0.4 is 4.74 Å². The van der Waals surface area contributed by atoms with Crippen LogP contribution in [0.5, 0.6) is 5.75 Å². The van der Waals surface area contributed by atoms with Crippen LogP contribution in [0.2, 0.25) is 0 Å². The summed E-state index contributed by atoms with van der Waals surface area (Å²) in [6.45, 7) is 15.4. The fourth-order valence-corrected chi connectivity index (χ4v) is 3.38. The number of benzene rings is 2. The highest BCUT2D eigenvalue weighted by atomic mass is 16.5. The zero-order valence-corrected chi connectivity index (χ0v) is 19.7. The summed E-state index contributed by atoms with van der Waals surface area (Å²) in [5.74, 6) is 1.42. The van der Waals surface area contributed by atoms with Crippen molar-refractivity contribution in [2.75, 3.05) is 14.2 Å². The normalized spacial score (nSPS) is 13.4. The summed E-state index contributed by atoms with van der Waals surface area (Å²) in [7, 11) is 3.47. The van der Waals surface area contributed by atoms with Crippen LogP contribution in [-0.4, -0.2) is 14.2 Å². The molecule has 1 atom stereocenters. The van der Waals surface area contributed by atoms with Gasteiger partial charge in [0.05, 0.1) is 11.2 Å². The standard InChI is InChI=1S/C26H38O3/c1-10-19(3)21-13-11-20(12-14-21)17-29-24-22(25(4,5)27-8)15-18(2)16-23(24)26(6,7)28-9/h11-16,19H,10,17H2,1-9H3. The zero-order chi connectivity index (χ0) is 21.8. The molecule has 0 N–H and O–H groups in total. The van der Waals surface area contributed by atoms with Gasteiger partial charge in [-0.1, -0.05) is 43.7 Å². The second-order valence-corrected chi connectivity index (χ2v) is 8.96. The minimum atomic E-state index is -0.472. The van der Waals surface area contributed by atoms with Crippen molar-refractivity contribution in [3.63, 3.8) is 0 Å². The molecule has 0 aliphatic carbocycles. The van der Waals surface area contributed by atoms with Crippen LogP contribution >= 0.6 is 0 Å². The number of rotatable bonds is 9. The van der Waals surface area contributed by atoms with Crippen LogP contribution in [0, 0.1) is 6.92 Å². The van der Waals surface area contributed by atoms with Gasteiger partial charge in [-0.05, 0) is 70.2 Å². The number of hydrogen-bond acceptors (Lipinski definition) is 3. The second-order valence-electron chi connectivity index (χ2n) is 8.96. The van der Waals surface area contributed by atoms with Gasteiger partial charge in [0.15, 0.2) is 0 Å². The molecule has 0 spiro atoms. The largest absolute Gasteiger partial charge is 0.488 e. The predicted octanol–water partition coefficient (Wildman–Crippen LogP) is 6.85. The van der Waals surface area contributed by atoms with Crippen LogP contribution in [0.25, 0.3) is 0 Å². The molecular formula is C26H38O3. The molecule has 0 fully saturated rings. The Hall–Kier alpha value is -1.84. The molecule has 0 heterocycles. The summed E-state index contributed by atoms with van der Waals surface area (Å²) in [5, 5.41) is 0. The highest BCUT2D eigenvalue weighted by molar-refractivity contribution is 5.50. The van der Waals surface area contributed by atoms with Gasteiger partial charge < -0.3 is 14.2 Å². The first-order chi connectivity index (χ1) is 13.6. The van der Waals surface area contributed by atoms with Gasteiger partial charge in [0.2, 0.25) is 0 Å². The fraction of sp³-hybridized carbons (Fsp3) is 0.538. The van der Waals surface area contributed by atoms with Gasteiger partial charge in [0.25, 0.3) is 0 Å². The second kappa shape index (κ2) is 9.32. The lowest BCUT2D eigenvalue weighted by molar-refractivity contribution is 0.00834. The Bertz CT molecular complexity index is 766. The van der Waals surface area contributed by atoms with Gasteiger partial charge in [-0.25, -0.2) is 0 Å². The summed E-state index contributed by atoms with van der Waals surface area (Å²) >= 11 is 0. The third kappa shape index (κ3) is 5.40. The molecule has 2 rings (SSSR count). The molecule has 0 saturated heterocycles. The lowest BCUT2D eigenvalue weighted by Gasteiger charge is -2.32. The number of methoxy groups -OCH3 is 2. The van der Waals surface area contributed by atoms with E-state index < -0.39 is 11.2 Å². The van der Waals surface area contributed by atoms with Crippen molar-refractivity contribution < 1.29 is 14.2 Å². The van der Waals surface area contributed by atoms with Crippen molar-refractivity contribution in [1.82, 2.24) is 0 Å². The SMILES string of the molecule is CCC(C)c1ccc(COc2c(C(C)(C)OC)cc(C)cc2C(C)(C)OC)cc1. The first-order valence-corrected chi connectivity index (χ1v) is 10.5. The summed E-state index contributed by atoms with van der Waals surface area (Å²) < 4.78 is 18.1. The maximum Gasteiger partial charge on any atom is 0.131 e. The first kappa shape index (κ1) is 23.4. The van der Waals surface area contributed by atoms with Crippen LogP contribution in [0.3, 0.4) is 0 Å². The Morgan fingerprint density at radius 1 is 0.862 bits per heavy atom. The maximum absolute atomic E-state index is 6.45. The molecular weight excluding hydrogens is 360 g/mol. The predicted molar refractivity (Wildman–Crippen MR) is 121 cm³/mol. The van der Waals surface area contributed by atoms with E-state index in [0.29, 0.717) is 12.5 Å². The lowest BCUT2D eigenvalue weighted by atomic mass is 9.87. The Labute approximate surface area is 177 Å². The molecule has 0 aliphatic rings. The summed E-state index contributed by atoms with van der Waals surface area (Å²) in [5.41, 5.74) is 4.82. The monoisotopic (exact) mass is 398 g/mol. The van der Waals surface area contributed by atoms with Crippen molar-refractivity contribution in [3.05, 3.63) is 64.2 Å². The van der Waals surface area contributed by atoms with Crippen molar-refractivity contribution in [3.8, 4) is 5.75 Å². The average Bonchev–Trinajstić information content (AvgIpc) is 2.71. The Balaban J connectivity index is 2.44. The smallest absolute Gasteiger partial charge is 0.131 e. The van der Waals surface area contributed by atoms with Gasteiger partial charge in [-0.15, -0.1) is 0 Å². The Kier molecular flexibility index (Phi) is 7.53. The number of ether oxygens (including phenoxy) is 3. The third-order valence-electron chi connectivity index (χ3n) is 6.10. The van der Waals surface area contributed by atoms with Crippen molar-refractivity contribution in [2.45, 2.75) is 78.6 Å². The number of hydrogen-bond donors (Lipinski definition) is 0. The van der Waals surface area contributed by atoms with E-state index in [9.17, 15) is 0 Å². The molecule has 0 aromatic heterocycles. The van der Waals surface area contributed by atoms with E-state index in [0.717, 1.165) is 34.4 Å². The summed E-state index contributed by atoms with van der Waals surface area (Å²) in [6.07, 6.45) is 1.14.